The zero-order valence-electron chi connectivity index (χ0n) is 15.8. The molecule has 1 aliphatic carbocycles. The van der Waals surface area contributed by atoms with E-state index in [-0.39, 0.29) is 24.5 Å². The molecule has 7 heteroatoms. The molecule has 2 aliphatic rings. The smallest absolute Gasteiger partial charge is 0.331 e. The van der Waals surface area contributed by atoms with Gasteiger partial charge in [0.1, 0.15) is 11.3 Å². The van der Waals surface area contributed by atoms with Gasteiger partial charge in [0.15, 0.2) is 0 Å². The Morgan fingerprint density at radius 1 is 1.19 bits per heavy atom. The Morgan fingerprint density at radius 2 is 1.93 bits per heavy atom. The summed E-state index contributed by atoms with van der Waals surface area (Å²) in [7, 11) is 1.33. The normalized spacial score (nSPS) is 19.3. The van der Waals surface area contributed by atoms with E-state index in [1.54, 1.807) is 6.07 Å². The summed E-state index contributed by atoms with van der Waals surface area (Å²) in [5.41, 5.74) is 0.886. The molecule has 1 aliphatic heterocycles. The molecular weight excluding hydrogens is 346 g/mol. The van der Waals surface area contributed by atoms with Crippen molar-refractivity contribution in [3.63, 3.8) is 0 Å². The van der Waals surface area contributed by atoms with Crippen LogP contribution in [-0.2, 0) is 19.1 Å². The third-order valence-electron chi connectivity index (χ3n) is 5.18. The molecule has 0 atom stereocenters. The van der Waals surface area contributed by atoms with Crippen LogP contribution in [0.1, 0.15) is 50.5 Å². The van der Waals surface area contributed by atoms with Gasteiger partial charge in [-0.15, -0.1) is 0 Å². The van der Waals surface area contributed by atoms with E-state index in [4.69, 9.17) is 4.74 Å². The van der Waals surface area contributed by atoms with Crippen LogP contribution < -0.4 is 10.3 Å². The van der Waals surface area contributed by atoms with Crippen LogP contribution in [0.2, 0.25) is 0 Å². The number of amides is 2. The molecule has 144 valence electrons. The predicted molar refractivity (Wildman–Crippen MR) is 101 cm³/mol. The van der Waals surface area contributed by atoms with Crippen molar-refractivity contribution in [3.8, 4) is 0 Å². The van der Waals surface area contributed by atoms with Gasteiger partial charge in [-0.2, -0.15) is 5.10 Å². The molecule has 2 amide bonds. The maximum Gasteiger partial charge on any atom is 0.331 e. The van der Waals surface area contributed by atoms with Crippen molar-refractivity contribution < 1.29 is 19.1 Å². The summed E-state index contributed by atoms with van der Waals surface area (Å²) in [6, 6.07) is 7.40. The largest absolute Gasteiger partial charge is 0.467 e. The molecule has 0 radical (unpaired) electrons. The highest BCUT2D eigenvalue weighted by Gasteiger charge is 2.43. The fourth-order valence-electron chi connectivity index (χ4n) is 3.70. The SMILES string of the molecule is COC(=O)C1(NC(=O)C2=NN(c3cccc(C)c3)C(=O)CC2)CCCCC1. The van der Waals surface area contributed by atoms with E-state index in [1.807, 2.05) is 25.1 Å². The third kappa shape index (κ3) is 4.02. The number of nitrogens with zero attached hydrogens (tertiary/aromatic N) is 2. The molecule has 1 heterocycles. The standard InChI is InChI=1S/C20H25N3O4/c1-14-7-6-8-15(13-14)23-17(24)10-9-16(22-23)18(25)21-20(19(26)27-2)11-4-3-5-12-20/h6-8,13H,3-5,9-12H2,1-2H3,(H,21,25). The fraction of sp³-hybridized carbons (Fsp3) is 0.500. The summed E-state index contributed by atoms with van der Waals surface area (Å²) in [5, 5.41) is 8.44. The Bertz CT molecular complexity index is 781. The Kier molecular flexibility index (Phi) is 5.58. The number of benzene rings is 1. The van der Waals surface area contributed by atoms with Crippen molar-refractivity contribution in [1.29, 1.82) is 0 Å². The topological polar surface area (TPSA) is 88.1 Å². The van der Waals surface area contributed by atoms with Gasteiger partial charge >= 0.3 is 5.97 Å². The van der Waals surface area contributed by atoms with E-state index >= 15 is 0 Å². The summed E-state index contributed by atoms with van der Waals surface area (Å²) in [6.07, 6.45) is 4.31. The molecule has 1 N–H and O–H groups in total. The van der Waals surface area contributed by atoms with Gasteiger partial charge in [-0.25, -0.2) is 9.80 Å². The number of esters is 1. The van der Waals surface area contributed by atoms with Gasteiger partial charge in [-0.05, 0) is 37.5 Å². The molecule has 1 saturated carbocycles. The van der Waals surface area contributed by atoms with Gasteiger partial charge < -0.3 is 10.1 Å². The van der Waals surface area contributed by atoms with Crippen molar-refractivity contribution in [2.45, 2.75) is 57.4 Å². The lowest BCUT2D eigenvalue weighted by Crippen LogP contribution is -2.58. The van der Waals surface area contributed by atoms with Crippen molar-refractivity contribution in [1.82, 2.24) is 5.32 Å². The van der Waals surface area contributed by atoms with Crippen LogP contribution in [0.5, 0.6) is 0 Å². The number of methoxy groups -OCH3 is 1. The molecule has 0 aromatic heterocycles. The van der Waals surface area contributed by atoms with Gasteiger partial charge in [0.2, 0.25) is 5.91 Å². The number of rotatable bonds is 4. The zero-order chi connectivity index (χ0) is 19.4. The number of carbonyl (C=O) groups is 3. The molecule has 7 nitrogen and oxygen atoms in total. The minimum atomic E-state index is -0.998. The molecule has 3 rings (SSSR count). The van der Waals surface area contributed by atoms with Gasteiger partial charge in [0, 0.05) is 12.8 Å². The van der Waals surface area contributed by atoms with Gasteiger partial charge in [-0.1, -0.05) is 31.4 Å². The van der Waals surface area contributed by atoms with Gasteiger partial charge in [0.05, 0.1) is 12.8 Å². The van der Waals surface area contributed by atoms with Crippen molar-refractivity contribution in [2.24, 2.45) is 5.10 Å². The Balaban J connectivity index is 1.83. The monoisotopic (exact) mass is 371 g/mol. The van der Waals surface area contributed by atoms with Crippen molar-refractivity contribution >= 4 is 29.2 Å². The van der Waals surface area contributed by atoms with E-state index in [1.165, 1.54) is 12.1 Å². The van der Waals surface area contributed by atoms with Crippen LogP contribution in [0, 0.1) is 6.92 Å². The quantitative estimate of drug-likeness (QED) is 0.824. The molecule has 1 fully saturated rings. The van der Waals surface area contributed by atoms with Gasteiger partial charge in [0.25, 0.3) is 5.91 Å². The maximum atomic E-state index is 12.9. The number of carbonyl (C=O) groups excluding carboxylic acids is 3. The van der Waals surface area contributed by atoms with Crippen molar-refractivity contribution in [3.05, 3.63) is 29.8 Å². The van der Waals surface area contributed by atoms with Crippen LogP contribution in [0.25, 0.3) is 0 Å². The van der Waals surface area contributed by atoms with E-state index in [0.717, 1.165) is 24.8 Å². The van der Waals surface area contributed by atoms with E-state index < -0.39 is 17.4 Å². The number of hydrazone groups is 1. The summed E-state index contributed by atoms with van der Waals surface area (Å²) in [5.74, 6) is -0.983. The predicted octanol–water partition coefficient (Wildman–Crippen LogP) is 2.47. The Morgan fingerprint density at radius 3 is 2.59 bits per heavy atom. The Hall–Kier alpha value is -2.70. The van der Waals surface area contributed by atoms with Gasteiger partial charge in [-0.3, -0.25) is 9.59 Å². The highest BCUT2D eigenvalue weighted by molar-refractivity contribution is 6.40. The second-order valence-electron chi connectivity index (χ2n) is 7.18. The minimum Gasteiger partial charge on any atom is -0.467 e. The second-order valence-corrected chi connectivity index (χ2v) is 7.18. The first-order chi connectivity index (χ1) is 12.9. The van der Waals surface area contributed by atoms with Crippen molar-refractivity contribution in [2.75, 3.05) is 12.1 Å². The third-order valence-corrected chi connectivity index (χ3v) is 5.18. The lowest BCUT2D eigenvalue weighted by Gasteiger charge is -2.35. The number of nitrogens with one attached hydrogen (secondary N) is 1. The van der Waals surface area contributed by atoms with Crippen LogP contribution in [0.4, 0.5) is 5.69 Å². The van der Waals surface area contributed by atoms with E-state index in [0.29, 0.717) is 18.5 Å². The average Bonchev–Trinajstić information content (AvgIpc) is 2.68. The summed E-state index contributed by atoms with van der Waals surface area (Å²) < 4.78 is 4.94. The summed E-state index contributed by atoms with van der Waals surface area (Å²) in [6.45, 7) is 1.93. The highest BCUT2D eigenvalue weighted by atomic mass is 16.5. The number of anilines is 1. The Labute approximate surface area is 158 Å². The van der Waals surface area contributed by atoms with E-state index in [9.17, 15) is 14.4 Å². The first-order valence-electron chi connectivity index (χ1n) is 9.33. The molecule has 0 bridgehead atoms. The molecule has 27 heavy (non-hydrogen) atoms. The summed E-state index contributed by atoms with van der Waals surface area (Å²) >= 11 is 0. The molecule has 1 aromatic carbocycles. The zero-order valence-corrected chi connectivity index (χ0v) is 15.8. The molecule has 0 spiro atoms. The highest BCUT2D eigenvalue weighted by Crippen LogP contribution is 2.30. The summed E-state index contributed by atoms with van der Waals surface area (Å²) in [4.78, 5) is 37.5. The minimum absolute atomic E-state index is 0.155. The van der Waals surface area contributed by atoms with Crippen LogP contribution >= 0.6 is 0 Å². The number of aryl methyl sites for hydroxylation is 1. The number of ether oxygens (including phenoxy) is 1. The van der Waals surface area contributed by atoms with Crippen LogP contribution in [-0.4, -0.2) is 36.1 Å². The first-order valence-corrected chi connectivity index (χ1v) is 9.33. The lowest BCUT2D eigenvalue weighted by molar-refractivity contribution is -0.151. The van der Waals surface area contributed by atoms with Crippen LogP contribution in [0.3, 0.4) is 0 Å². The molecule has 0 unspecified atom stereocenters. The molecule has 0 saturated heterocycles. The number of hydrogen-bond donors (Lipinski definition) is 1. The lowest BCUT2D eigenvalue weighted by atomic mass is 9.81. The van der Waals surface area contributed by atoms with E-state index in [2.05, 4.69) is 10.4 Å². The number of hydrogen-bond acceptors (Lipinski definition) is 5. The first kappa shape index (κ1) is 19.1. The molecule has 1 aromatic rings. The fourth-order valence-corrected chi connectivity index (χ4v) is 3.70. The maximum absolute atomic E-state index is 12.9. The van der Waals surface area contributed by atoms with Crippen LogP contribution in [0.15, 0.2) is 29.4 Å². The average molecular weight is 371 g/mol. The second kappa shape index (κ2) is 7.90. The molecular formula is C20H25N3O4.